The molecule has 0 bridgehead atoms. The number of para-hydroxylation sites is 1. The lowest BCUT2D eigenvalue weighted by Crippen LogP contribution is -2.40. The normalized spacial score (nSPS) is 14.5. The number of aromatic nitrogens is 2. The van der Waals surface area contributed by atoms with Crippen molar-refractivity contribution in [2.45, 2.75) is 26.3 Å². The molecule has 1 N–H and O–H groups in total. The van der Waals surface area contributed by atoms with E-state index in [-0.39, 0.29) is 11.8 Å². The van der Waals surface area contributed by atoms with E-state index in [0.29, 0.717) is 31.5 Å². The number of hydrogen-bond donors (Lipinski definition) is 1. The van der Waals surface area contributed by atoms with Crippen molar-refractivity contribution in [3.63, 3.8) is 0 Å². The summed E-state index contributed by atoms with van der Waals surface area (Å²) < 4.78 is 10.8. The van der Waals surface area contributed by atoms with Crippen LogP contribution < -0.4 is 15.0 Å². The minimum Gasteiger partial charge on any atom is -0.496 e. The van der Waals surface area contributed by atoms with Gasteiger partial charge in [-0.15, -0.1) is 0 Å². The third-order valence-corrected chi connectivity index (χ3v) is 5.58. The van der Waals surface area contributed by atoms with Crippen LogP contribution in [-0.4, -0.2) is 36.2 Å². The molecule has 156 valence electrons. The second-order valence-electron chi connectivity index (χ2n) is 7.51. The van der Waals surface area contributed by atoms with Gasteiger partial charge in [0.05, 0.1) is 7.11 Å². The van der Waals surface area contributed by atoms with Crippen molar-refractivity contribution >= 4 is 11.9 Å². The average Bonchev–Trinajstić information content (AvgIpc) is 3.28. The third kappa shape index (κ3) is 4.30. The van der Waals surface area contributed by atoms with Gasteiger partial charge in [0.15, 0.2) is 0 Å². The maximum absolute atomic E-state index is 12.6. The van der Waals surface area contributed by atoms with Gasteiger partial charge in [0, 0.05) is 36.7 Å². The van der Waals surface area contributed by atoms with Crippen LogP contribution in [0, 0.1) is 12.8 Å². The van der Waals surface area contributed by atoms with Crippen molar-refractivity contribution in [1.82, 2.24) is 15.5 Å². The number of carbonyl (C=O) groups excluding carboxylic acids is 1. The Hall–Kier alpha value is -3.35. The van der Waals surface area contributed by atoms with Crippen molar-refractivity contribution in [2.24, 2.45) is 5.92 Å². The summed E-state index contributed by atoms with van der Waals surface area (Å²) in [6, 6.07) is 16.2. The van der Waals surface area contributed by atoms with E-state index >= 15 is 0 Å². The number of nitrogens with zero attached hydrogens (tertiary/aromatic N) is 3. The molecule has 1 saturated heterocycles. The van der Waals surface area contributed by atoms with Gasteiger partial charge in [-0.05, 0) is 31.4 Å². The molecule has 2 heterocycles. The monoisotopic (exact) mass is 406 g/mol. The quantitative estimate of drug-likeness (QED) is 0.674. The number of ether oxygens (including phenoxy) is 1. The van der Waals surface area contributed by atoms with E-state index in [9.17, 15) is 4.79 Å². The molecule has 7 heteroatoms. The number of rotatable bonds is 6. The van der Waals surface area contributed by atoms with Crippen LogP contribution in [0.2, 0.25) is 0 Å². The van der Waals surface area contributed by atoms with Crippen molar-refractivity contribution < 1.29 is 14.1 Å². The molecule has 0 radical (unpaired) electrons. The Morgan fingerprint density at radius 2 is 1.90 bits per heavy atom. The summed E-state index contributed by atoms with van der Waals surface area (Å²) in [5, 5.41) is 7.18. The largest absolute Gasteiger partial charge is 0.496 e. The highest BCUT2D eigenvalue weighted by Crippen LogP contribution is 2.26. The maximum atomic E-state index is 12.6. The number of aryl methyl sites for hydroxylation is 1. The predicted molar refractivity (Wildman–Crippen MR) is 114 cm³/mol. The lowest BCUT2D eigenvalue weighted by molar-refractivity contribution is -0.125. The number of benzene rings is 2. The van der Waals surface area contributed by atoms with Gasteiger partial charge in [0.1, 0.15) is 5.75 Å². The van der Waals surface area contributed by atoms with Gasteiger partial charge in [-0.1, -0.05) is 47.6 Å². The fourth-order valence-corrected chi connectivity index (χ4v) is 3.79. The molecule has 0 spiro atoms. The smallest absolute Gasteiger partial charge is 0.324 e. The molecule has 0 aliphatic carbocycles. The highest BCUT2D eigenvalue weighted by atomic mass is 16.5. The summed E-state index contributed by atoms with van der Waals surface area (Å²) in [4.78, 5) is 19.2. The number of nitrogens with one attached hydrogen (secondary N) is 1. The van der Waals surface area contributed by atoms with E-state index in [0.717, 1.165) is 35.3 Å². The Bertz CT molecular complexity index is 1010. The molecule has 2 aromatic carbocycles. The van der Waals surface area contributed by atoms with Crippen molar-refractivity contribution in [1.29, 1.82) is 0 Å². The first kappa shape index (κ1) is 19.9. The first-order valence-electron chi connectivity index (χ1n) is 10.2. The molecule has 0 atom stereocenters. The first-order valence-corrected chi connectivity index (χ1v) is 10.2. The summed E-state index contributed by atoms with van der Waals surface area (Å²) in [6.45, 7) is 3.91. The second kappa shape index (κ2) is 8.98. The molecule has 0 unspecified atom stereocenters. The number of hydrogen-bond acceptors (Lipinski definition) is 6. The van der Waals surface area contributed by atoms with Gasteiger partial charge in [-0.3, -0.25) is 4.79 Å². The predicted octanol–water partition coefficient (Wildman–Crippen LogP) is 3.59. The fraction of sp³-hybridized carbons (Fsp3) is 0.348. The van der Waals surface area contributed by atoms with E-state index in [1.54, 1.807) is 7.11 Å². The van der Waals surface area contributed by atoms with Gasteiger partial charge in [-0.25, -0.2) is 0 Å². The van der Waals surface area contributed by atoms with Crippen LogP contribution in [0.15, 0.2) is 53.1 Å². The Labute approximate surface area is 176 Å². The fourth-order valence-electron chi connectivity index (χ4n) is 3.79. The molecule has 1 amide bonds. The second-order valence-corrected chi connectivity index (χ2v) is 7.51. The number of methoxy groups -OCH3 is 1. The molecule has 4 rings (SSSR count). The lowest BCUT2D eigenvalue weighted by atomic mass is 9.96. The van der Waals surface area contributed by atoms with E-state index in [1.165, 1.54) is 0 Å². The SMILES string of the molecule is COc1ccccc1CNC(=O)C1CCN(c2nc(-c3ccccc3C)no2)CC1. The van der Waals surface area contributed by atoms with Crippen molar-refractivity contribution in [3.05, 3.63) is 59.7 Å². The minimum atomic E-state index is -0.0188. The zero-order valence-corrected chi connectivity index (χ0v) is 17.3. The summed E-state index contributed by atoms with van der Waals surface area (Å²) in [6.07, 6.45) is 1.50. The minimum absolute atomic E-state index is 0.0188. The van der Waals surface area contributed by atoms with Crippen LogP contribution in [-0.2, 0) is 11.3 Å². The lowest BCUT2D eigenvalue weighted by Gasteiger charge is -2.29. The Balaban J connectivity index is 1.32. The Kier molecular flexibility index (Phi) is 5.97. The van der Waals surface area contributed by atoms with E-state index < -0.39 is 0 Å². The van der Waals surface area contributed by atoms with Crippen LogP contribution in [0.1, 0.15) is 24.0 Å². The molecule has 7 nitrogen and oxygen atoms in total. The number of anilines is 1. The molecule has 1 aromatic heterocycles. The maximum Gasteiger partial charge on any atom is 0.324 e. The Morgan fingerprint density at radius 1 is 1.17 bits per heavy atom. The third-order valence-electron chi connectivity index (χ3n) is 5.58. The molecular formula is C23H26N4O3. The van der Waals surface area contributed by atoms with Gasteiger partial charge < -0.3 is 19.5 Å². The summed E-state index contributed by atoms with van der Waals surface area (Å²) >= 11 is 0. The van der Waals surface area contributed by atoms with Crippen LogP contribution in [0.25, 0.3) is 11.4 Å². The molecule has 1 fully saturated rings. The van der Waals surface area contributed by atoms with Gasteiger partial charge in [0.2, 0.25) is 11.7 Å². The summed E-state index contributed by atoms with van der Waals surface area (Å²) in [5.74, 6) is 1.44. The van der Waals surface area contributed by atoms with Crippen LogP contribution in [0.5, 0.6) is 5.75 Å². The molecular weight excluding hydrogens is 380 g/mol. The molecule has 1 aliphatic heterocycles. The molecule has 1 aliphatic rings. The zero-order chi connectivity index (χ0) is 20.9. The molecule has 3 aromatic rings. The summed E-state index contributed by atoms with van der Waals surface area (Å²) in [5.41, 5.74) is 3.05. The van der Waals surface area contributed by atoms with Gasteiger partial charge in [-0.2, -0.15) is 4.98 Å². The highest BCUT2D eigenvalue weighted by molar-refractivity contribution is 5.79. The first-order chi connectivity index (χ1) is 14.7. The topological polar surface area (TPSA) is 80.5 Å². The molecule has 30 heavy (non-hydrogen) atoms. The zero-order valence-electron chi connectivity index (χ0n) is 17.3. The van der Waals surface area contributed by atoms with Crippen molar-refractivity contribution in [3.8, 4) is 17.1 Å². The van der Waals surface area contributed by atoms with Crippen molar-refractivity contribution in [2.75, 3.05) is 25.1 Å². The Morgan fingerprint density at radius 3 is 2.67 bits per heavy atom. The van der Waals surface area contributed by atoms with Crippen LogP contribution >= 0.6 is 0 Å². The number of carbonyl (C=O) groups is 1. The van der Waals surface area contributed by atoms with E-state index in [4.69, 9.17) is 9.26 Å². The van der Waals surface area contributed by atoms with E-state index in [1.807, 2.05) is 55.5 Å². The summed E-state index contributed by atoms with van der Waals surface area (Å²) in [7, 11) is 1.64. The number of piperidine rings is 1. The van der Waals surface area contributed by atoms with Gasteiger partial charge >= 0.3 is 6.01 Å². The van der Waals surface area contributed by atoms with E-state index in [2.05, 4.69) is 20.4 Å². The van der Waals surface area contributed by atoms with Crippen LogP contribution in [0.3, 0.4) is 0 Å². The molecule has 0 saturated carbocycles. The van der Waals surface area contributed by atoms with Crippen LogP contribution in [0.4, 0.5) is 6.01 Å². The average molecular weight is 406 g/mol. The van der Waals surface area contributed by atoms with Gasteiger partial charge in [0.25, 0.3) is 0 Å². The highest BCUT2D eigenvalue weighted by Gasteiger charge is 2.27. The standard InChI is InChI=1S/C23H26N4O3/c1-16-7-3-5-9-19(16)21-25-23(30-26-21)27-13-11-17(12-14-27)22(28)24-15-18-8-4-6-10-20(18)29-2/h3-10,17H,11-15H2,1-2H3,(H,24,28). The number of amides is 1.